The first kappa shape index (κ1) is 23.1. The molecule has 9 heteroatoms. The average Bonchev–Trinajstić information content (AvgIpc) is 3.01. The SMILES string of the molecule is CCCC(=O)Oc1[nH]c(CNCCN)c(-c2ccc(OC)c(OC)c2OC)c1Br. The van der Waals surface area contributed by atoms with E-state index in [1.54, 1.807) is 27.4 Å². The second-order valence-corrected chi connectivity index (χ2v) is 6.99. The Hall–Kier alpha value is -2.23. The predicted octanol–water partition coefficient (Wildman–Crippen LogP) is 3.22. The van der Waals surface area contributed by atoms with E-state index in [0.717, 1.165) is 16.8 Å². The number of hydrogen-bond acceptors (Lipinski definition) is 7. The van der Waals surface area contributed by atoms with Gasteiger partial charge in [-0.3, -0.25) is 4.79 Å². The molecule has 0 saturated carbocycles. The van der Waals surface area contributed by atoms with Crippen LogP contribution in [0.4, 0.5) is 0 Å². The molecule has 0 radical (unpaired) electrons. The van der Waals surface area contributed by atoms with Crippen LogP contribution in [0, 0.1) is 0 Å². The Labute approximate surface area is 179 Å². The lowest BCUT2D eigenvalue weighted by molar-refractivity contribution is -0.134. The fourth-order valence-corrected chi connectivity index (χ4v) is 3.60. The zero-order valence-corrected chi connectivity index (χ0v) is 18.8. The minimum Gasteiger partial charge on any atom is -0.493 e. The van der Waals surface area contributed by atoms with Crippen LogP contribution >= 0.6 is 15.9 Å². The molecule has 0 saturated heterocycles. The maximum Gasteiger partial charge on any atom is 0.312 e. The zero-order chi connectivity index (χ0) is 21.4. The third kappa shape index (κ3) is 5.23. The van der Waals surface area contributed by atoms with E-state index in [1.807, 2.05) is 13.0 Å². The standard InChI is InChI=1S/C20H28BrN3O5/c1-5-6-15(25)29-20-17(21)16(13(24-20)11-23-10-9-22)12-7-8-14(26-2)19(28-4)18(12)27-3/h7-8,23-24H,5-6,9-11,22H2,1-4H3. The number of ether oxygens (including phenoxy) is 4. The van der Waals surface area contributed by atoms with Crippen LogP contribution in [-0.2, 0) is 11.3 Å². The largest absolute Gasteiger partial charge is 0.493 e. The first-order chi connectivity index (χ1) is 14.0. The maximum atomic E-state index is 12.0. The van der Waals surface area contributed by atoms with Gasteiger partial charge >= 0.3 is 5.97 Å². The van der Waals surface area contributed by atoms with Crippen molar-refractivity contribution in [1.82, 2.24) is 10.3 Å². The number of carbonyl (C=O) groups excluding carboxylic acids is 1. The van der Waals surface area contributed by atoms with Gasteiger partial charge in [0.25, 0.3) is 0 Å². The molecular weight excluding hydrogens is 442 g/mol. The average molecular weight is 470 g/mol. The van der Waals surface area contributed by atoms with Crippen LogP contribution in [0.5, 0.6) is 23.1 Å². The molecule has 160 valence electrons. The van der Waals surface area contributed by atoms with Gasteiger partial charge in [0.05, 0.1) is 25.8 Å². The number of methoxy groups -OCH3 is 3. The van der Waals surface area contributed by atoms with Crippen LogP contribution in [-0.4, -0.2) is 45.4 Å². The summed E-state index contributed by atoms with van der Waals surface area (Å²) >= 11 is 3.58. The highest BCUT2D eigenvalue weighted by molar-refractivity contribution is 9.10. The van der Waals surface area contributed by atoms with Gasteiger partial charge in [-0.15, -0.1) is 0 Å². The molecule has 1 heterocycles. The van der Waals surface area contributed by atoms with Crippen molar-refractivity contribution in [3.05, 3.63) is 22.3 Å². The summed E-state index contributed by atoms with van der Waals surface area (Å²) in [6.45, 7) is 3.57. The van der Waals surface area contributed by atoms with Gasteiger partial charge in [-0.2, -0.15) is 0 Å². The molecule has 29 heavy (non-hydrogen) atoms. The van der Waals surface area contributed by atoms with Gasteiger partial charge in [0.2, 0.25) is 11.6 Å². The highest BCUT2D eigenvalue weighted by atomic mass is 79.9. The Morgan fingerprint density at radius 2 is 1.90 bits per heavy atom. The monoisotopic (exact) mass is 469 g/mol. The second kappa shape index (κ2) is 11.1. The molecule has 0 amide bonds. The first-order valence-electron chi connectivity index (χ1n) is 9.33. The van der Waals surface area contributed by atoms with Crippen molar-refractivity contribution in [3.8, 4) is 34.3 Å². The van der Waals surface area contributed by atoms with E-state index in [-0.39, 0.29) is 5.97 Å². The third-order valence-corrected chi connectivity index (χ3v) is 5.01. The molecule has 8 nitrogen and oxygen atoms in total. The number of carbonyl (C=O) groups is 1. The molecule has 2 aromatic rings. The Kier molecular flexibility index (Phi) is 8.81. The molecule has 0 unspecified atom stereocenters. The quantitative estimate of drug-likeness (QED) is 0.342. The predicted molar refractivity (Wildman–Crippen MR) is 115 cm³/mol. The minimum atomic E-state index is -0.304. The van der Waals surface area contributed by atoms with Crippen LogP contribution in [0.3, 0.4) is 0 Å². The molecule has 0 aliphatic rings. The number of halogens is 1. The van der Waals surface area contributed by atoms with Gasteiger partial charge in [0.1, 0.15) is 0 Å². The van der Waals surface area contributed by atoms with E-state index < -0.39 is 0 Å². The molecule has 0 spiro atoms. The van der Waals surface area contributed by atoms with E-state index >= 15 is 0 Å². The van der Waals surface area contributed by atoms with E-state index in [9.17, 15) is 4.79 Å². The van der Waals surface area contributed by atoms with Crippen molar-refractivity contribution in [1.29, 1.82) is 0 Å². The molecule has 0 bridgehead atoms. The Morgan fingerprint density at radius 1 is 1.17 bits per heavy atom. The van der Waals surface area contributed by atoms with E-state index in [0.29, 0.717) is 60.1 Å². The van der Waals surface area contributed by atoms with Crippen LogP contribution < -0.4 is 30.0 Å². The number of aromatic nitrogens is 1. The summed E-state index contributed by atoms with van der Waals surface area (Å²) in [6, 6.07) is 3.67. The van der Waals surface area contributed by atoms with Crippen LogP contribution in [0.1, 0.15) is 25.5 Å². The summed E-state index contributed by atoms with van der Waals surface area (Å²) in [5.41, 5.74) is 7.96. The topological polar surface area (TPSA) is 108 Å². The van der Waals surface area contributed by atoms with Crippen molar-refractivity contribution in [3.63, 3.8) is 0 Å². The Bertz CT molecular complexity index is 838. The van der Waals surface area contributed by atoms with Gasteiger partial charge in [0.15, 0.2) is 11.5 Å². The number of aromatic amines is 1. The Balaban J connectivity index is 2.60. The number of rotatable bonds is 11. The van der Waals surface area contributed by atoms with Crippen molar-refractivity contribution < 1.29 is 23.7 Å². The van der Waals surface area contributed by atoms with Crippen molar-refractivity contribution in [2.45, 2.75) is 26.3 Å². The molecule has 1 aromatic heterocycles. The van der Waals surface area contributed by atoms with Gasteiger partial charge in [-0.25, -0.2) is 0 Å². The lowest BCUT2D eigenvalue weighted by atomic mass is 10.0. The highest BCUT2D eigenvalue weighted by Crippen LogP contribution is 2.49. The molecular formula is C20H28BrN3O5. The number of hydrogen-bond donors (Lipinski definition) is 3. The van der Waals surface area contributed by atoms with E-state index in [1.165, 1.54) is 0 Å². The number of nitrogens with one attached hydrogen (secondary N) is 2. The smallest absolute Gasteiger partial charge is 0.312 e. The highest BCUT2D eigenvalue weighted by Gasteiger charge is 2.25. The molecule has 0 fully saturated rings. The summed E-state index contributed by atoms with van der Waals surface area (Å²) in [7, 11) is 4.69. The minimum absolute atomic E-state index is 0.304. The third-order valence-electron chi connectivity index (χ3n) is 4.25. The maximum absolute atomic E-state index is 12.0. The van der Waals surface area contributed by atoms with E-state index in [2.05, 4.69) is 26.2 Å². The van der Waals surface area contributed by atoms with Crippen LogP contribution in [0.2, 0.25) is 0 Å². The van der Waals surface area contributed by atoms with Gasteiger partial charge < -0.3 is 35.0 Å². The lowest BCUT2D eigenvalue weighted by Crippen LogP contribution is -2.22. The zero-order valence-electron chi connectivity index (χ0n) is 17.2. The van der Waals surface area contributed by atoms with Crippen molar-refractivity contribution in [2.24, 2.45) is 5.73 Å². The summed E-state index contributed by atoms with van der Waals surface area (Å²) in [6.07, 6.45) is 1.04. The van der Waals surface area contributed by atoms with Crippen molar-refractivity contribution in [2.75, 3.05) is 34.4 Å². The first-order valence-corrected chi connectivity index (χ1v) is 10.1. The van der Waals surface area contributed by atoms with E-state index in [4.69, 9.17) is 24.7 Å². The fraction of sp³-hybridized carbons (Fsp3) is 0.450. The lowest BCUT2D eigenvalue weighted by Gasteiger charge is -2.16. The summed E-state index contributed by atoms with van der Waals surface area (Å²) in [5.74, 6) is 1.59. The molecule has 2 rings (SSSR count). The molecule has 1 aromatic carbocycles. The van der Waals surface area contributed by atoms with Gasteiger partial charge in [0, 0.05) is 42.9 Å². The fourth-order valence-electron chi connectivity index (χ4n) is 2.97. The number of esters is 1. The number of H-pyrrole nitrogens is 1. The number of benzene rings is 1. The van der Waals surface area contributed by atoms with Crippen molar-refractivity contribution >= 4 is 21.9 Å². The summed E-state index contributed by atoms with van der Waals surface area (Å²) in [5, 5.41) is 3.25. The molecule has 4 N–H and O–H groups in total. The molecule has 0 aliphatic heterocycles. The van der Waals surface area contributed by atoms with Crippen LogP contribution in [0.15, 0.2) is 16.6 Å². The van der Waals surface area contributed by atoms with Gasteiger partial charge in [-0.05, 0) is 34.5 Å². The Morgan fingerprint density at radius 3 is 2.48 bits per heavy atom. The van der Waals surface area contributed by atoms with Crippen LogP contribution in [0.25, 0.3) is 11.1 Å². The summed E-state index contributed by atoms with van der Waals surface area (Å²) < 4.78 is 22.7. The van der Waals surface area contributed by atoms with Gasteiger partial charge in [-0.1, -0.05) is 6.92 Å². The number of nitrogens with two attached hydrogens (primary N) is 1. The molecule has 0 aliphatic carbocycles. The second-order valence-electron chi connectivity index (χ2n) is 6.19. The normalized spacial score (nSPS) is 10.7. The summed E-state index contributed by atoms with van der Waals surface area (Å²) in [4.78, 5) is 15.2. The molecule has 0 atom stereocenters.